The van der Waals surface area contributed by atoms with E-state index in [4.69, 9.17) is 23.7 Å². The van der Waals surface area contributed by atoms with E-state index in [0.717, 1.165) is 16.7 Å². The number of carboxylic acids is 1. The minimum atomic E-state index is -1.87. The highest BCUT2D eigenvalue weighted by Crippen LogP contribution is 2.35. The summed E-state index contributed by atoms with van der Waals surface area (Å²) in [4.78, 5) is 12.3. The lowest BCUT2D eigenvalue weighted by Gasteiger charge is -2.45. The van der Waals surface area contributed by atoms with Crippen LogP contribution in [0.5, 0.6) is 0 Å². The number of hydrogen-bond acceptors (Lipinski definition) is 6. The van der Waals surface area contributed by atoms with Gasteiger partial charge in [-0.2, -0.15) is 0 Å². The summed E-state index contributed by atoms with van der Waals surface area (Å²) >= 11 is 0. The monoisotopic (exact) mass is 492 g/mol. The van der Waals surface area contributed by atoms with Gasteiger partial charge in [0.1, 0.15) is 12.2 Å². The van der Waals surface area contributed by atoms with Crippen LogP contribution in [0.1, 0.15) is 23.1 Å². The van der Waals surface area contributed by atoms with E-state index in [1.165, 1.54) is 7.11 Å². The molecular weight excluding hydrogens is 460 g/mol. The van der Waals surface area contributed by atoms with Crippen molar-refractivity contribution in [2.45, 2.75) is 50.3 Å². The lowest BCUT2D eigenvalue weighted by atomic mass is 9.94. The van der Waals surface area contributed by atoms with Gasteiger partial charge in [0.05, 0.1) is 32.5 Å². The average Bonchev–Trinajstić information content (AvgIpc) is 2.92. The predicted molar refractivity (Wildman–Crippen MR) is 133 cm³/mol. The number of rotatable bonds is 12. The molecule has 0 unspecified atom stereocenters. The van der Waals surface area contributed by atoms with Crippen LogP contribution in [-0.2, 0) is 48.3 Å². The maximum atomic E-state index is 12.3. The Morgan fingerprint density at radius 2 is 1.33 bits per heavy atom. The van der Waals surface area contributed by atoms with Crippen LogP contribution in [0.3, 0.4) is 0 Å². The third-order valence-electron chi connectivity index (χ3n) is 6.19. The summed E-state index contributed by atoms with van der Waals surface area (Å²) in [6.07, 6.45) is -1.94. The Morgan fingerprint density at radius 1 is 0.833 bits per heavy atom. The third kappa shape index (κ3) is 6.78. The Labute approximate surface area is 211 Å². The van der Waals surface area contributed by atoms with E-state index >= 15 is 0 Å². The molecule has 3 aromatic rings. The standard InChI is InChI=1S/C29H32O7/c1-32-29(28(30)31)17-25(34-19-23-13-7-3-8-14-23)27(35-20-24-15-9-4-10-16-24)26(36-29)21-33-18-22-11-5-2-6-12-22/h2-16,25-27H,17-21H2,1H3,(H,30,31)/t25-,26+,27-,29+/m0/s1. The van der Waals surface area contributed by atoms with Crippen molar-refractivity contribution in [2.75, 3.05) is 13.7 Å². The van der Waals surface area contributed by atoms with Crippen LogP contribution >= 0.6 is 0 Å². The summed E-state index contributed by atoms with van der Waals surface area (Å²) in [5, 5.41) is 10.0. The Morgan fingerprint density at radius 3 is 1.83 bits per heavy atom. The molecule has 1 fully saturated rings. The largest absolute Gasteiger partial charge is 0.477 e. The second-order valence-corrected chi connectivity index (χ2v) is 8.72. The predicted octanol–water partition coefficient (Wildman–Crippen LogP) is 4.59. The topological polar surface area (TPSA) is 83.5 Å². The zero-order valence-electron chi connectivity index (χ0n) is 20.3. The molecule has 190 valence electrons. The smallest absolute Gasteiger partial charge is 0.364 e. The summed E-state index contributed by atoms with van der Waals surface area (Å²) < 4.78 is 30.0. The van der Waals surface area contributed by atoms with Crippen molar-refractivity contribution in [3.63, 3.8) is 0 Å². The molecular formula is C29H32O7. The second-order valence-electron chi connectivity index (χ2n) is 8.72. The molecule has 0 aromatic heterocycles. The van der Waals surface area contributed by atoms with Gasteiger partial charge in [-0.15, -0.1) is 0 Å². The molecule has 7 heteroatoms. The van der Waals surface area contributed by atoms with Crippen molar-refractivity contribution in [1.82, 2.24) is 0 Å². The Bertz CT molecular complexity index is 1060. The molecule has 36 heavy (non-hydrogen) atoms. The van der Waals surface area contributed by atoms with Crippen LogP contribution in [0.15, 0.2) is 91.0 Å². The maximum absolute atomic E-state index is 12.3. The number of hydrogen-bond donors (Lipinski definition) is 1. The minimum Gasteiger partial charge on any atom is -0.477 e. The molecule has 4 atom stereocenters. The summed E-state index contributed by atoms with van der Waals surface area (Å²) in [6.45, 7) is 1.09. The summed E-state index contributed by atoms with van der Waals surface area (Å²) in [7, 11) is 1.33. The van der Waals surface area contributed by atoms with Crippen LogP contribution in [0.4, 0.5) is 0 Å². The van der Waals surface area contributed by atoms with Gasteiger partial charge in [-0.1, -0.05) is 91.0 Å². The molecule has 0 spiro atoms. The average molecular weight is 493 g/mol. The van der Waals surface area contributed by atoms with Gasteiger partial charge < -0.3 is 28.8 Å². The Balaban J connectivity index is 1.54. The van der Waals surface area contributed by atoms with E-state index in [1.54, 1.807) is 0 Å². The molecule has 1 aliphatic rings. The zero-order chi connectivity index (χ0) is 25.2. The van der Waals surface area contributed by atoms with Gasteiger partial charge in [-0.05, 0) is 16.7 Å². The molecule has 0 amide bonds. The first-order valence-corrected chi connectivity index (χ1v) is 12.0. The second kappa shape index (κ2) is 12.8. The van der Waals surface area contributed by atoms with Gasteiger partial charge in [0.15, 0.2) is 0 Å². The fraction of sp³-hybridized carbons (Fsp3) is 0.345. The lowest BCUT2D eigenvalue weighted by Crippen LogP contribution is -2.61. The fourth-order valence-corrected chi connectivity index (χ4v) is 4.25. The van der Waals surface area contributed by atoms with E-state index in [9.17, 15) is 9.90 Å². The molecule has 1 heterocycles. The van der Waals surface area contributed by atoms with E-state index in [-0.39, 0.29) is 13.0 Å². The quantitative estimate of drug-likeness (QED) is 0.396. The molecule has 0 bridgehead atoms. The minimum absolute atomic E-state index is 0.0275. The van der Waals surface area contributed by atoms with Gasteiger partial charge in [-0.25, -0.2) is 4.79 Å². The van der Waals surface area contributed by atoms with Crippen LogP contribution < -0.4 is 0 Å². The number of ether oxygens (including phenoxy) is 5. The zero-order valence-corrected chi connectivity index (χ0v) is 20.3. The summed E-state index contributed by atoms with van der Waals surface area (Å²) in [5.41, 5.74) is 2.97. The number of carboxylic acid groups (broad SMARTS) is 1. The normalized spacial score (nSPS) is 23.9. The van der Waals surface area contributed by atoms with Crippen molar-refractivity contribution in [1.29, 1.82) is 0 Å². The van der Waals surface area contributed by atoms with Crippen LogP contribution in [0, 0.1) is 0 Å². The molecule has 4 rings (SSSR count). The van der Waals surface area contributed by atoms with E-state index in [0.29, 0.717) is 19.8 Å². The molecule has 0 aliphatic carbocycles. The molecule has 1 N–H and O–H groups in total. The van der Waals surface area contributed by atoms with Crippen molar-refractivity contribution in [3.05, 3.63) is 108 Å². The first kappa shape index (κ1) is 26.0. The first-order chi connectivity index (χ1) is 17.6. The van der Waals surface area contributed by atoms with E-state index in [2.05, 4.69) is 0 Å². The molecule has 0 saturated carbocycles. The molecule has 1 saturated heterocycles. The first-order valence-electron chi connectivity index (χ1n) is 12.0. The van der Waals surface area contributed by atoms with Gasteiger partial charge >= 0.3 is 5.97 Å². The maximum Gasteiger partial charge on any atom is 0.364 e. The summed E-state index contributed by atoms with van der Waals surface area (Å²) in [6, 6.07) is 29.3. The van der Waals surface area contributed by atoms with Gasteiger partial charge in [-0.3, -0.25) is 0 Å². The SMILES string of the molecule is CO[C@]1(C(=O)O)C[C@H](OCc2ccccc2)[C@H](OCc2ccccc2)[C@@H](COCc2ccccc2)O1. The molecule has 1 aliphatic heterocycles. The van der Waals surface area contributed by atoms with Crippen molar-refractivity contribution >= 4 is 5.97 Å². The fourth-order valence-electron chi connectivity index (χ4n) is 4.25. The number of carbonyl (C=O) groups is 1. The number of benzene rings is 3. The van der Waals surface area contributed by atoms with Crippen LogP contribution in [0.25, 0.3) is 0 Å². The lowest BCUT2D eigenvalue weighted by molar-refractivity contribution is -0.320. The van der Waals surface area contributed by atoms with E-state index < -0.39 is 30.1 Å². The van der Waals surface area contributed by atoms with E-state index in [1.807, 2.05) is 91.0 Å². The highest BCUT2D eigenvalue weighted by molar-refractivity contribution is 5.76. The molecule has 3 aromatic carbocycles. The van der Waals surface area contributed by atoms with Gasteiger partial charge in [0.2, 0.25) is 0 Å². The van der Waals surface area contributed by atoms with Crippen molar-refractivity contribution < 1.29 is 33.6 Å². The van der Waals surface area contributed by atoms with Crippen molar-refractivity contribution in [2.24, 2.45) is 0 Å². The van der Waals surface area contributed by atoms with Crippen molar-refractivity contribution in [3.8, 4) is 0 Å². The highest BCUT2D eigenvalue weighted by Gasteiger charge is 2.53. The van der Waals surface area contributed by atoms with Crippen LogP contribution in [0.2, 0.25) is 0 Å². The summed E-state index contributed by atoms with van der Waals surface area (Å²) in [5.74, 6) is -3.08. The van der Waals surface area contributed by atoms with Gasteiger partial charge in [0.25, 0.3) is 5.79 Å². The number of methoxy groups -OCH3 is 1. The Hall–Kier alpha value is -3.07. The van der Waals surface area contributed by atoms with Gasteiger partial charge in [0, 0.05) is 13.5 Å². The number of aliphatic carboxylic acids is 1. The molecule has 7 nitrogen and oxygen atoms in total. The molecule has 0 radical (unpaired) electrons. The third-order valence-corrected chi connectivity index (χ3v) is 6.19. The van der Waals surface area contributed by atoms with Crippen LogP contribution in [-0.4, -0.2) is 48.9 Å². The Kier molecular flexibility index (Phi) is 9.22. The highest BCUT2D eigenvalue weighted by atomic mass is 16.7.